The summed E-state index contributed by atoms with van der Waals surface area (Å²) < 4.78 is 34.5. The van der Waals surface area contributed by atoms with E-state index in [1.165, 1.54) is 15.3 Å². The molecule has 2 aliphatic rings. The number of fused-ring (bicyclic) bond motifs is 2. The van der Waals surface area contributed by atoms with E-state index in [0.29, 0.717) is 38.1 Å². The van der Waals surface area contributed by atoms with Crippen molar-refractivity contribution in [3.05, 3.63) is 24.3 Å². The molecular formula is C21H31N3O5S. The number of benzene rings is 1. The van der Waals surface area contributed by atoms with Gasteiger partial charge in [-0.25, -0.2) is 8.42 Å². The van der Waals surface area contributed by atoms with Crippen LogP contribution in [-0.4, -0.2) is 80.2 Å². The van der Waals surface area contributed by atoms with Gasteiger partial charge in [0.2, 0.25) is 21.8 Å². The van der Waals surface area contributed by atoms with Gasteiger partial charge in [0.1, 0.15) is 16.7 Å². The van der Waals surface area contributed by atoms with Crippen molar-refractivity contribution in [1.82, 2.24) is 14.1 Å². The van der Waals surface area contributed by atoms with Crippen molar-refractivity contribution < 1.29 is 22.7 Å². The van der Waals surface area contributed by atoms with Gasteiger partial charge >= 0.3 is 0 Å². The first-order chi connectivity index (χ1) is 14.1. The van der Waals surface area contributed by atoms with Crippen LogP contribution in [-0.2, 0) is 19.6 Å². The van der Waals surface area contributed by atoms with Gasteiger partial charge in [-0.05, 0) is 24.5 Å². The Balaban J connectivity index is 1.97. The predicted molar refractivity (Wildman–Crippen MR) is 113 cm³/mol. The van der Waals surface area contributed by atoms with Crippen LogP contribution in [0, 0.1) is 5.92 Å². The van der Waals surface area contributed by atoms with E-state index in [4.69, 9.17) is 4.74 Å². The standard InChI is InChI=1S/C21H31N3O5S/c1-15(2)13-20(25)23-11-9-16-17(10-12-23)29-18-7-5-6-8-19(18)30(27,28)24(16)14-21(26)22(3)4/h5-8,15-17H,9-14H2,1-4H3/t16-,17-/m0/s1. The number of carbonyl (C=O) groups is 2. The Bertz CT molecular complexity index is 900. The molecule has 1 aromatic rings. The first-order valence-electron chi connectivity index (χ1n) is 10.4. The summed E-state index contributed by atoms with van der Waals surface area (Å²) in [6.45, 7) is 4.69. The minimum absolute atomic E-state index is 0.0700. The number of nitrogens with zero attached hydrogens (tertiary/aromatic N) is 3. The van der Waals surface area contributed by atoms with E-state index in [1.807, 2.05) is 13.8 Å². The molecule has 2 aliphatic heterocycles. The van der Waals surface area contributed by atoms with Crippen molar-refractivity contribution >= 4 is 21.8 Å². The Hall–Kier alpha value is -2.13. The number of hydrogen-bond donors (Lipinski definition) is 0. The Morgan fingerprint density at radius 2 is 1.83 bits per heavy atom. The van der Waals surface area contributed by atoms with Crippen LogP contribution in [0.5, 0.6) is 5.75 Å². The highest BCUT2D eigenvalue weighted by Crippen LogP contribution is 2.36. The normalized spacial score (nSPS) is 23.6. The number of sulfonamides is 1. The van der Waals surface area contributed by atoms with E-state index in [-0.39, 0.29) is 29.2 Å². The number of hydrogen-bond acceptors (Lipinski definition) is 5. The molecule has 9 heteroatoms. The van der Waals surface area contributed by atoms with Gasteiger partial charge in [-0.2, -0.15) is 4.31 Å². The number of amides is 2. The summed E-state index contributed by atoms with van der Waals surface area (Å²) in [5.74, 6) is 0.326. The molecule has 30 heavy (non-hydrogen) atoms. The zero-order chi connectivity index (χ0) is 22.1. The summed E-state index contributed by atoms with van der Waals surface area (Å²) in [5, 5.41) is 0. The van der Waals surface area contributed by atoms with Crippen LogP contribution in [0.25, 0.3) is 0 Å². The first-order valence-corrected chi connectivity index (χ1v) is 11.8. The van der Waals surface area contributed by atoms with Crippen LogP contribution in [0.2, 0.25) is 0 Å². The maximum Gasteiger partial charge on any atom is 0.247 e. The van der Waals surface area contributed by atoms with Gasteiger partial charge in [0.05, 0.1) is 12.6 Å². The van der Waals surface area contributed by atoms with E-state index < -0.39 is 22.2 Å². The van der Waals surface area contributed by atoms with Crippen LogP contribution in [0.3, 0.4) is 0 Å². The zero-order valence-corrected chi connectivity index (χ0v) is 18.9. The monoisotopic (exact) mass is 437 g/mol. The second-order valence-corrected chi connectivity index (χ2v) is 10.4. The highest BCUT2D eigenvalue weighted by Gasteiger charge is 2.44. The summed E-state index contributed by atoms with van der Waals surface area (Å²) in [4.78, 5) is 28.4. The molecule has 2 heterocycles. The third-order valence-electron chi connectivity index (χ3n) is 5.62. The van der Waals surface area contributed by atoms with Crippen LogP contribution in [0.4, 0.5) is 0 Å². The van der Waals surface area contributed by atoms with Crippen molar-refractivity contribution in [2.24, 2.45) is 5.92 Å². The lowest BCUT2D eigenvalue weighted by molar-refractivity contribution is -0.132. The summed E-state index contributed by atoms with van der Waals surface area (Å²) in [7, 11) is -0.723. The van der Waals surface area contributed by atoms with Gasteiger partial charge in [0, 0.05) is 40.0 Å². The van der Waals surface area contributed by atoms with Crippen LogP contribution < -0.4 is 4.74 Å². The van der Waals surface area contributed by atoms with Crippen molar-refractivity contribution in [3.63, 3.8) is 0 Å². The van der Waals surface area contributed by atoms with E-state index in [2.05, 4.69) is 0 Å². The maximum atomic E-state index is 13.5. The van der Waals surface area contributed by atoms with Gasteiger partial charge in [-0.1, -0.05) is 26.0 Å². The van der Waals surface area contributed by atoms with Crippen molar-refractivity contribution in [2.45, 2.75) is 50.2 Å². The summed E-state index contributed by atoms with van der Waals surface area (Å²) in [6, 6.07) is 6.02. The number of carbonyl (C=O) groups excluding carboxylic acids is 2. The smallest absolute Gasteiger partial charge is 0.247 e. The molecule has 1 fully saturated rings. The molecule has 1 aromatic carbocycles. The fraction of sp³-hybridized carbons (Fsp3) is 0.619. The Morgan fingerprint density at radius 1 is 1.17 bits per heavy atom. The number of ether oxygens (including phenoxy) is 1. The second-order valence-electron chi connectivity index (χ2n) is 8.56. The number of para-hydroxylation sites is 1. The quantitative estimate of drug-likeness (QED) is 0.714. The molecule has 0 N–H and O–H groups in total. The third-order valence-corrected chi connectivity index (χ3v) is 7.53. The molecule has 0 saturated carbocycles. The highest BCUT2D eigenvalue weighted by molar-refractivity contribution is 7.89. The molecule has 0 bridgehead atoms. The van der Waals surface area contributed by atoms with Gasteiger partial charge in [-0.15, -0.1) is 0 Å². The van der Waals surface area contributed by atoms with Gasteiger partial charge < -0.3 is 14.5 Å². The van der Waals surface area contributed by atoms with Crippen molar-refractivity contribution in [3.8, 4) is 5.75 Å². The third kappa shape index (κ3) is 4.62. The molecule has 8 nitrogen and oxygen atoms in total. The largest absolute Gasteiger partial charge is 0.487 e. The van der Waals surface area contributed by atoms with E-state index in [0.717, 1.165) is 0 Å². The molecule has 2 amide bonds. The average Bonchev–Trinajstić information content (AvgIpc) is 2.91. The van der Waals surface area contributed by atoms with E-state index >= 15 is 0 Å². The fourth-order valence-corrected chi connectivity index (χ4v) is 5.71. The summed E-state index contributed by atoms with van der Waals surface area (Å²) >= 11 is 0. The summed E-state index contributed by atoms with van der Waals surface area (Å²) in [6.07, 6.45) is 0.948. The van der Waals surface area contributed by atoms with Crippen LogP contribution in [0.1, 0.15) is 33.1 Å². The molecule has 0 radical (unpaired) electrons. The molecule has 0 spiro atoms. The minimum atomic E-state index is -3.93. The zero-order valence-electron chi connectivity index (χ0n) is 18.1. The molecule has 0 aromatic heterocycles. The molecule has 166 valence electrons. The SMILES string of the molecule is CC(C)CC(=O)N1CC[C@@H]2Oc3ccccc3S(=O)(=O)N(CC(=O)N(C)C)[C@H]2CC1. The van der Waals surface area contributed by atoms with E-state index in [1.54, 1.807) is 37.2 Å². The Morgan fingerprint density at radius 3 is 2.50 bits per heavy atom. The van der Waals surface area contributed by atoms with E-state index in [9.17, 15) is 18.0 Å². The summed E-state index contributed by atoms with van der Waals surface area (Å²) in [5.41, 5.74) is 0. The van der Waals surface area contributed by atoms with Gasteiger partial charge in [-0.3, -0.25) is 9.59 Å². The first kappa shape index (κ1) is 22.6. The van der Waals surface area contributed by atoms with Crippen molar-refractivity contribution in [2.75, 3.05) is 33.7 Å². The molecular weight excluding hydrogens is 406 g/mol. The second kappa shape index (κ2) is 8.93. The molecule has 0 aliphatic carbocycles. The number of likely N-dealkylation sites (tertiary alicyclic amines) is 1. The number of rotatable bonds is 4. The topological polar surface area (TPSA) is 87.2 Å². The van der Waals surface area contributed by atoms with Gasteiger partial charge in [0.25, 0.3) is 0 Å². The van der Waals surface area contributed by atoms with Crippen LogP contribution >= 0.6 is 0 Å². The van der Waals surface area contributed by atoms with Crippen LogP contribution in [0.15, 0.2) is 29.2 Å². The average molecular weight is 438 g/mol. The molecule has 2 atom stereocenters. The molecule has 0 unspecified atom stereocenters. The number of likely N-dealkylation sites (N-methyl/N-ethyl adjacent to an activating group) is 1. The lowest BCUT2D eigenvalue weighted by atomic mass is 10.1. The van der Waals surface area contributed by atoms with Crippen molar-refractivity contribution in [1.29, 1.82) is 0 Å². The molecule has 3 rings (SSSR count). The van der Waals surface area contributed by atoms with Gasteiger partial charge in [0.15, 0.2) is 0 Å². The maximum absolute atomic E-state index is 13.5. The predicted octanol–water partition coefficient (Wildman–Crippen LogP) is 1.56. The minimum Gasteiger partial charge on any atom is -0.487 e. The fourth-order valence-electron chi connectivity index (χ4n) is 3.96. The Kier molecular flexibility index (Phi) is 6.71. The lowest BCUT2D eigenvalue weighted by Gasteiger charge is -2.31. The highest BCUT2D eigenvalue weighted by atomic mass is 32.2. The molecule has 1 saturated heterocycles. The Labute approximate surface area is 178 Å². The lowest BCUT2D eigenvalue weighted by Crippen LogP contribution is -2.50.